The van der Waals surface area contributed by atoms with Gasteiger partial charge in [-0.15, -0.1) is 0 Å². The van der Waals surface area contributed by atoms with E-state index in [2.05, 4.69) is 5.32 Å². The van der Waals surface area contributed by atoms with Gasteiger partial charge in [-0.2, -0.15) is 0 Å². The van der Waals surface area contributed by atoms with Crippen LogP contribution in [0.5, 0.6) is 5.75 Å². The summed E-state index contributed by atoms with van der Waals surface area (Å²) < 4.78 is 6.63. The second-order valence-corrected chi connectivity index (χ2v) is 7.34. The number of Topliss-reactive ketones (excluding diaryl/α,β-unsaturated/α-hetero) is 1. The Morgan fingerprint density at radius 1 is 0.875 bits per heavy atom. The van der Waals surface area contributed by atoms with Gasteiger partial charge in [0.1, 0.15) is 5.75 Å². The normalized spacial score (nSPS) is 10.7. The van der Waals surface area contributed by atoms with Gasteiger partial charge in [-0.25, -0.2) is 0 Å². The lowest BCUT2D eigenvalue weighted by molar-refractivity contribution is 0.0904. The monoisotopic (exact) mass is 426 g/mol. The second kappa shape index (κ2) is 9.31. The summed E-state index contributed by atoms with van der Waals surface area (Å²) >= 11 is 0. The number of hydrogen-bond acceptors (Lipinski definition) is 4. The predicted molar refractivity (Wildman–Crippen MR) is 123 cm³/mol. The number of ketones is 1. The molecule has 1 heterocycles. The number of carbonyl (C=O) groups excluding carboxylic acids is 2. The molecule has 0 fully saturated rings. The summed E-state index contributed by atoms with van der Waals surface area (Å²) in [6.45, 7) is 0.187. The minimum atomic E-state index is -0.412. The molecular weight excluding hydrogens is 404 g/mol. The van der Waals surface area contributed by atoms with Gasteiger partial charge in [0.15, 0.2) is 5.78 Å². The Morgan fingerprint density at radius 2 is 1.53 bits per heavy atom. The first kappa shape index (κ1) is 21.1. The highest BCUT2D eigenvalue weighted by Crippen LogP contribution is 2.17. The molecule has 32 heavy (non-hydrogen) atoms. The lowest BCUT2D eigenvalue weighted by Gasteiger charge is -2.13. The molecule has 0 aliphatic carbocycles. The Labute approximate surface area is 185 Å². The van der Waals surface area contributed by atoms with Crippen molar-refractivity contribution in [1.82, 2.24) is 9.88 Å². The molecule has 0 unspecified atom stereocenters. The SMILES string of the molecule is COc1ccc(C(=O)CNC(=O)c2cn(Cc3ccccc3)c(=O)c3ccccc23)cc1. The van der Waals surface area contributed by atoms with Crippen molar-refractivity contribution in [3.05, 3.63) is 112 Å². The van der Waals surface area contributed by atoms with Crippen molar-refractivity contribution < 1.29 is 14.3 Å². The highest BCUT2D eigenvalue weighted by molar-refractivity contribution is 6.08. The van der Waals surface area contributed by atoms with Gasteiger partial charge in [0.2, 0.25) is 0 Å². The Bertz CT molecular complexity index is 1330. The van der Waals surface area contributed by atoms with Gasteiger partial charge in [-0.05, 0) is 35.9 Å². The first-order chi connectivity index (χ1) is 15.6. The molecule has 0 bridgehead atoms. The molecular formula is C26H22N2O4. The van der Waals surface area contributed by atoms with Crippen LogP contribution in [-0.2, 0) is 6.54 Å². The standard InChI is InChI=1S/C26H22N2O4/c1-32-20-13-11-19(12-14-20)24(29)15-27-25(30)23-17-28(16-18-7-3-2-4-8-18)26(31)22-10-6-5-9-21(22)23/h2-14,17H,15-16H2,1H3,(H,27,30). The van der Waals surface area contributed by atoms with E-state index in [4.69, 9.17) is 4.74 Å². The Balaban J connectivity index is 1.60. The molecule has 1 amide bonds. The molecule has 6 heteroatoms. The van der Waals surface area contributed by atoms with Gasteiger partial charge in [0.05, 0.1) is 25.8 Å². The number of ether oxygens (including phenoxy) is 1. The summed E-state index contributed by atoms with van der Waals surface area (Å²) in [4.78, 5) is 38.5. The van der Waals surface area contributed by atoms with E-state index >= 15 is 0 Å². The van der Waals surface area contributed by atoms with Crippen LogP contribution in [0.25, 0.3) is 10.8 Å². The minimum Gasteiger partial charge on any atom is -0.497 e. The van der Waals surface area contributed by atoms with Crippen molar-refractivity contribution in [2.45, 2.75) is 6.54 Å². The van der Waals surface area contributed by atoms with Crippen molar-refractivity contribution in [3.63, 3.8) is 0 Å². The number of pyridine rings is 1. The van der Waals surface area contributed by atoms with Gasteiger partial charge < -0.3 is 14.6 Å². The molecule has 1 aromatic heterocycles. The van der Waals surface area contributed by atoms with E-state index < -0.39 is 5.91 Å². The molecule has 0 aliphatic heterocycles. The summed E-state index contributed by atoms with van der Waals surface area (Å²) in [5, 5.41) is 3.70. The number of nitrogens with zero attached hydrogens (tertiary/aromatic N) is 1. The van der Waals surface area contributed by atoms with Crippen LogP contribution in [0.4, 0.5) is 0 Å². The third-order valence-corrected chi connectivity index (χ3v) is 5.26. The molecule has 0 spiro atoms. The first-order valence-corrected chi connectivity index (χ1v) is 10.2. The van der Waals surface area contributed by atoms with Crippen LogP contribution in [0.1, 0.15) is 26.3 Å². The van der Waals surface area contributed by atoms with Gasteiger partial charge in [0, 0.05) is 22.5 Å². The number of nitrogens with one attached hydrogen (secondary N) is 1. The van der Waals surface area contributed by atoms with E-state index in [1.54, 1.807) is 61.8 Å². The summed E-state index contributed by atoms with van der Waals surface area (Å²) in [6.07, 6.45) is 1.56. The average molecular weight is 426 g/mol. The van der Waals surface area contributed by atoms with Crippen LogP contribution >= 0.6 is 0 Å². The average Bonchev–Trinajstić information content (AvgIpc) is 2.84. The van der Waals surface area contributed by atoms with Crippen molar-refractivity contribution in [2.75, 3.05) is 13.7 Å². The number of fused-ring (bicyclic) bond motifs is 1. The van der Waals surface area contributed by atoms with Crippen LogP contribution in [-0.4, -0.2) is 29.9 Å². The van der Waals surface area contributed by atoms with E-state index in [1.165, 1.54) is 4.57 Å². The Hall–Kier alpha value is -4.19. The van der Waals surface area contributed by atoms with Gasteiger partial charge in [-0.1, -0.05) is 48.5 Å². The number of benzene rings is 3. The topological polar surface area (TPSA) is 77.4 Å². The fourth-order valence-corrected chi connectivity index (χ4v) is 3.56. The Kier molecular flexibility index (Phi) is 6.12. The van der Waals surface area contributed by atoms with Crippen LogP contribution in [0, 0.1) is 0 Å². The van der Waals surface area contributed by atoms with E-state index in [0.29, 0.717) is 34.2 Å². The molecule has 0 saturated carbocycles. The van der Waals surface area contributed by atoms with Gasteiger partial charge in [0.25, 0.3) is 11.5 Å². The fourth-order valence-electron chi connectivity index (χ4n) is 3.56. The number of amides is 1. The number of rotatable bonds is 7. The molecule has 0 saturated heterocycles. The van der Waals surface area contributed by atoms with Crippen molar-refractivity contribution >= 4 is 22.5 Å². The van der Waals surface area contributed by atoms with E-state index in [1.807, 2.05) is 30.3 Å². The van der Waals surface area contributed by atoms with Gasteiger partial charge >= 0.3 is 0 Å². The zero-order chi connectivity index (χ0) is 22.5. The molecule has 0 radical (unpaired) electrons. The fraction of sp³-hybridized carbons (Fsp3) is 0.115. The third kappa shape index (κ3) is 4.44. The molecule has 6 nitrogen and oxygen atoms in total. The van der Waals surface area contributed by atoms with Crippen LogP contribution in [0.2, 0.25) is 0 Å². The van der Waals surface area contributed by atoms with E-state index in [-0.39, 0.29) is 17.9 Å². The van der Waals surface area contributed by atoms with Crippen LogP contribution in [0.3, 0.4) is 0 Å². The van der Waals surface area contributed by atoms with Crippen molar-refractivity contribution in [3.8, 4) is 5.75 Å². The van der Waals surface area contributed by atoms with E-state index in [9.17, 15) is 14.4 Å². The molecule has 3 aromatic carbocycles. The number of methoxy groups -OCH3 is 1. The quantitative estimate of drug-likeness (QED) is 0.458. The minimum absolute atomic E-state index is 0.155. The molecule has 1 N–H and O–H groups in total. The number of aromatic nitrogens is 1. The zero-order valence-electron chi connectivity index (χ0n) is 17.6. The zero-order valence-corrected chi connectivity index (χ0v) is 17.6. The maximum Gasteiger partial charge on any atom is 0.258 e. The van der Waals surface area contributed by atoms with Crippen LogP contribution in [0.15, 0.2) is 89.9 Å². The van der Waals surface area contributed by atoms with Gasteiger partial charge in [-0.3, -0.25) is 14.4 Å². The maximum atomic E-state index is 13.0. The highest BCUT2D eigenvalue weighted by atomic mass is 16.5. The first-order valence-electron chi connectivity index (χ1n) is 10.2. The van der Waals surface area contributed by atoms with Crippen molar-refractivity contribution in [1.29, 1.82) is 0 Å². The second-order valence-electron chi connectivity index (χ2n) is 7.34. The Morgan fingerprint density at radius 3 is 2.22 bits per heavy atom. The molecule has 0 aliphatic rings. The maximum absolute atomic E-state index is 13.0. The molecule has 4 aromatic rings. The summed E-state index contributed by atoms with van der Waals surface area (Å²) in [5.41, 5.74) is 1.60. The molecule has 160 valence electrons. The highest BCUT2D eigenvalue weighted by Gasteiger charge is 2.16. The largest absolute Gasteiger partial charge is 0.497 e. The molecule has 0 atom stereocenters. The number of carbonyl (C=O) groups is 2. The van der Waals surface area contributed by atoms with E-state index in [0.717, 1.165) is 5.56 Å². The predicted octanol–water partition coefficient (Wildman–Crippen LogP) is 3.67. The lowest BCUT2D eigenvalue weighted by atomic mass is 10.1. The lowest BCUT2D eigenvalue weighted by Crippen LogP contribution is -2.31. The third-order valence-electron chi connectivity index (χ3n) is 5.26. The summed E-state index contributed by atoms with van der Waals surface area (Å²) in [5.74, 6) is 0.0190. The van der Waals surface area contributed by atoms with Crippen LogP contribution < -0.4 is 15.6 Å². The molecule has 4 rings (SSSR count). The summed E-state index contributed by atoms with van der Waals surface area (Å²) in [6, 6.07) is 23.3. The summed E-state index contributed by atoms with van der Waals surface area (Å²) in [7, 11) is 1.55. The smallest absolute Gasteiger partial charge is 0.258 e. The van der Waals surface area contributed by atoms with Crippen molar-refractivity contribution in [2.24, 2.45) is 0 Å². The number of hydrogen-bond donors (Lipinski definition) is 1.